The highest BCUT2D eigenvalue weighted by atomic mass is 16.5. The average Bonchev–Trinajstić information content (AvgIpc) is 2.36. The van der Waals surface area contributed by atoms with Gasteiger partial charge in [-0.05, 0) is 49.1 Å². The van der Waals surface area contributed by atoms with E-state index in [0.717, 1.165) is 25.0 Å². The molecule has 0 saturated heterocycles. The van der Waals surface area contributed by atoms with Crippen molar-refractivity contribution in [3.63, 3.8) is 0 Å². The number of aryl methyl sites for hydroxylation is 2. The maximum absolute atomic E-state index is 7.71. The highest BCUT2D eigenvalue weighted by Gasteiger charge is 2.18. The number of hydrogen-bond donors (Lipinski definition) is 2. The fraction of sp³-hybridized carbons (Fsp3) is 0.625. The van der Waals surface area contributed by atoms with Crippen molar-refractivity contribution in [1.82, 2.24) is 4.98 Å². The summed E-state index contributed by atoms with van der Waals surface area (Å²) in [7, 11) is 0. The van der Waals surface area contributed by atoms with E-state index in [-0.39, 0.29) is 11.3 Å². The van der Waals surface area contributed by atoms with Crippen LogP contribution in [0.3, 0.4) is 0 Å². The summed E-state index contributed by atoms with van der Waals surface area (Å²) in [4.78, 5) is 4.61. The van der Waals surface area contributed by atoms with Gasteiger partial charge in [0.2, 0.25) is 5.88 Å². The first-order chi connectivity index (χ1) is 9.37. The van der Waals surface area contributed by atoms with Crippen LogP contribution >= 0.6 is 0 Å². The van der Waals surface area contributed by atoms with Gasteiger partial charge in [0.25, 0.3) is 0 Å². The summed E-state index contributed by atoms with van der Waals surface area (Å²) >= 11 is 0. The van der Waals surface area contributed by atoms with Crippen molar-refractivity contribution >= 4 is 5.84 Å². The molecule has 0 atom stereocenters. The molecule has 0 aromatic carbocycles. The first-order valence-corrected chi connectivity index (χ1v) is 7.37. The predicted octanol–water partition coefficient (Wildman–Crippen LogP) is 3.06. The van der Waals surface area contributed by atoms with Gasteiger partial charge < -0.3 is 10.5 Å². The summed E-state index contributed by atoms with van der Waals surface area (Å²) < 4.78 is 5.81. The Kier molecular flexibility index (Phi) is 4.31. The molecule has 4 heteroatoms. The van der Waals surface area contributed by atoms with Crippen LogP contribution in [0.1, 0.15) is 56.9 Å². The molecule has 0 spiro atoms. The molecule has 0 unspecified atom stereocenters. The zero-order valence-electron chi connectivity index (χ0n) is 12.8. The van der Waals surface area contributed by atoms with E-state index in [4.69, 9.17) is 15.9 Å². The van der Waals surface area contributed by atoms with Crippen LogP contribution in [0.2, 0.25) is 0 Å². The van der Waals surface area contributed by atoms with Crippen LogP contribution in [-0.4, -0.2) is 17.4 Å². The first-order valence-electron chi connectivity index (χ1n) is 7.37. The van der Waals surface area contributed by atoms with Crippen LogP contribution in [0.15, 0.2) is 6.07 Å². The van der Waals surface area contributed by atoms with E-state index in [9.17, 15) is 0 Å². The van der Waals surface area contributed by atoms with E-state index in [1.165, 1.54) is 18.4 Å². The fourth-order valence-corrected chi connectivity index (χ4v) is 2.37. The van der Waals surface area contributed by atoms with Gasteiger partial charge >= 0.3 is 0 Å². The molecule has 2 rings (SSSR count). The summed E-state index contributed by atoms with van der Waals surface area (Å²) in [5, 5.41) is 7.71. The maximum Gasteiger partial charge on any atom is 0.224 e. The van der Waals surface area contributed by atoms with Gasteiger partial charge in [0, 0.05) is 5.69 Å². The lowest BCUT2D eigenvalue weighted by molar-refractivity contribution is 0.235. The number of hydrogen-bond acceptors (Lipinski definition) is 3. The zero-order chi connectivity index (χ0) is 14.8. The van der Waals surface area contributed by atoms with Crippen LogP contribution in [0.5, 0.6) is 5.88 Å². The molecule has 0 saturated carbocycles. The number of ether oxygens (including phenoxy) is 1. The van der Waals surface area contributed by atoms with E-state index in [0.29, 0.717) is 18.1 Å². The number of pyridine rings is 1. The smallest absolute Gasteiger partial charge is 0.224 e. The number of aromatic nitrogens is 1. The molecule has 110 valence electrons. The van der Waals surface area contributed by atoms with Crippen molar-refractivity contribution in [3.8, 4) is 5.88 Å². The van der Waals surface area contributed by atoms with Crippen LogP contribution in [0.4, 0.5) is 0 Å². The molecule has 0 aliphatic heterocycles. The lowest BCUT2D eigenvalue weighted by Gasteiger charge is -2.21. The number of nitrogens with two attached hydrogens (primary N) is 1. The molecular weight excluding hydrogens is 250 g/mol. The van der Waals surface area contributed by atoms with E-state index in [2.05, 4.69) is 25.8 Å². The van der Waals surface area contributed by atoms with Gasteiger partial charge in [0.15, 0.2) is 0 Å². The molecule has 0 bridgehead atoms. The number of nitrogens with one attached hydrogen (secondary N) is 1. The second kappa shape index (κ2) is 5.81. The Hall–Kier alpha value is -1.58. The van der Waals surface area contributed by atoms with E-state index in [1.807, 2.05) is 6.07 Å². The summed E-state index contributed by atoms with van der Waals surface area (Å²) in [5.41, 5.74) is 8.88. The van der Waals surface area contributed by atoms with E-state index < -0.39 is 0 Å². The molecule has 1 aliphatic carbocycles. The average molecular weight is 275 g/mol. The number of nitrogens with zero attached hydrogens (tertiary/aromatic N) is 1. The van der Waals surface area contributed by atoms with Gasteiger partial charge in [0.05, 0.1) is 12.2 Å². The van der Waals surface area contributed by atoms with Crippen molar-refractivity contribution in [2.75, 3.05) is 6.61 Å². The van der Waals surface area contributed by atoms with Crippen LogP contribution in [0.25, 0.3) is 0 Å². The molecule has 4 nitrogen and oxygen atoms in total. The Morgan fingerprint density at radius 2 is 2.05 bits per heavy atom. The van der Waals surface area contributed by atoms with E-state index in [1.54, 1.807) is 0 Å². The minimum atomic E-state index is 0.0385. The van der Waals surface area contributed by atoms with E-state index >= 15 is 0 Å². The van der Waals surface area contributed by atoms with Crippen molar-refractivity contribution in [3.05, 3.63) is 22.9 Å². The molecule has 1 aliphatic rings. The normalized spacial score (nSPS) is 14.8. The minimum absolute atomic E-state index is 0.0385. The van der Waals surface area contributed by atoms with Gasteiger partial charge in [-0.3, -0.25) is 5.41 Å². The van der Waals surface area contributed by atoms with Gasteiger partial charge in [-0.15, -0.1) is 0 Å². The van der Waals surface area contributed by atoms with Crippen LogP contribution < -0.4 is 10.5 Å². The molecule has 0 radical (unpaired) electrons. The van der Waals surface area contributed by atoms with Crippen molar-refractivity contribution in [2.24, 2.45) is 11.1 Å². The summed E-state index contributed by atoms with van der Waals surface area (Å²) in [5.74, 6) is 0.569. The third-order valence-corrected chi connectivity index (χ3v) is 3.65. The van der Waals surface area contributed by atoms with Gasteiger partial charge in [-0.1, -0.05) is 20.8 Å². The quantitative estimate of drug-likeness (QED) is 0.655. The third kappa shape index (κ3) is 3.71. The third-order valence-electron chi connectivity index (χ3n) is 3.65. The zero-order valence-corrected chi connectivity index (χ0v) is 12.8. The fourth-order valence-electron chi connectivity index (χ4n) is 2.37. The molecule has 3 N–H and O–H groups in total. The lowest BCUT2D eigenvalue weighted by atomic mass is 9.93. The Morgan fingerprint density at radius 3 is 2.70 bits per heavy atom. The van der Waals surface area contributed by atoms with Crippen LogP contribution in [0, 0.1) is 10.8 Å². The lowest BCUT2D eigenvalue weighted by Crippen LogP contribution is -2.19. The van der Waals surface area contributed by atoms with Gasteiger partial charge in [-0.2, -0.15) is 0 Å². The van der Waals surface area contributed by atoms with Crippen molar-refractivity contribution < 1.29 is 4.74 Å². The van der Waals surface area contributed by atoms with Crippen molar-refractivity contribution in [2.45, 2.75) is 52.9 Å². The largest absolute Gasteiger partial charge is 0.477 e. The highest BCUT2D eigenvalue weighted by Crippen LogP contribution is 2.26. The molecule has 1 heterocycles. The standard InChI is InChI=1S/C16H25N3O/c1-16(2,3)8-9-20-15-12(14(17)18)10-11-6-4-5-7-13(11)19-15/h10H,4-9H2,1-3H3,(H3,17,18). The number of fused-ring (bicyclic) bond motifs is 1. The van der Waals surface area contributed by atoms with Crippen molar-refractivity contribution in [1.29, 1.82) is 5.41 Å². The monoisotopic (exact) mass is 275 g/mol. The second-order valence-corrected chi connectivity index (χ2v) is 6.73. The van der Waals surface area contributed by atoms with Gasteiger partial charge in [0.1, 0.15) is 5.84 Å². The SMILES string of the molecule is CC(C)(C)CCOc1nc2c(cc1C(=N)N)CCCC2. The summed E-state index contributed by atoms with van der Waals surface area (Å²) in [6, 6.07) is 2.00. The summed E-state index contributed by atoms with van der Waals surface area (Å²) in [6.45, 7) is 7.16. The summed E-state index contributed by atoms with van der Waals surface area (Å²) in [6.07, 6.45) is 5.36. The Morgan fingerprint density at radius 1 is 1.35 bits per heavy atom. The topological polar surface area (TPSA) is 72.0 Å². The minimum Gasteiger partial charge on any atom is -0.477 e. The predicted molar refractivity (Wildman–Crippen MR) is 81.5 cm³/mol. The number of rotatable bonds is 4. The van der Waals surface area contributed by atoms with Gasteiger partial charge in [-0.25, -0.2) is 4.98 Å². The Balaban J connectivity index is 2.19. The number of amidine groups is 1. The highest BCUT2D eigenvalue weighted by molar-refractivity contribution is 5.97. The van der Waals surface area contributed by atoms with Crippen LogP contribution in [-0.2, 0) is 12.8 Å². The second-order valence-electron chi connectivity index (χ2n) is 6.73. The molecule has 0 amide bonds. The maximum atomic E-state index is 7.71. The first kappa shape index (κ1) is 14.8. The molecule has 0 fully saturated rings. The molecule has 1 aromatic rings. The molecule has 20 heavy (non-hydrogen) atoms. The molecule has 1 aromatic heterocycles. The number of nitrogen functional groups attached to an aromatic ring is 1. The Bertz CT molecular complexity index is 503. The Labute approximate surface area is 121 Å². The molecular formula is C16H25N3O.